The van der Waals surface area contributed by atoms with Crippen LogP contribution in [-0.4, -0.2) is 52.7 Å². The van der Waals surface area contributed by atoms with Gasteiger partial charge in [0.2, 0.25) is 5.89 Å². The lowest BCUT2D eigenvalue weighted by Crippen LogP contribution is -2.47. The molecule has 6 heteroatoms. The maximum Gasteiger partial charge on any atom is 0.257 e. The first kappa shape index (κ1) is 14.7. The number of thiophene rings is 1. The van der Waals surface area contributed by atoms with Crippen molar-refractivity contribution in [1.82, 2.24) is 20.0 Å². The van der Waals surface area contributed by atoms with Crippen molar-refractivity contribution in [2.24, 2.45) is 0 Å². The number of hydrogen-bond acceptors (Lipinski definition) is 6. The zero-order valence-corrected chi connectivity index (χ0v) is 13.5. The van der Waals surface area contributed by atoms with E-state index in [1.807, 2.05) is 17.5 Å². The lowest BCUT2D eigenvalue weighted by molar-refractivity contribution is 0.0917. The molecule has 3 heterocycles. The molecule has 1 atom stereocenters. The molecule has 0 N–H and O–H groups in total. The van der Waals surface area contributed by atoms with E-state index in [1.165, 1.54) is 13.0 Å². The first-order chi connectivity index (χ1) is 10.3. The van der Waals surface area contributed by atoms with E-state index in [2.05, 4.69) is 33.8 Å². The first-order valence-electron chi connectivity index (χ1n) is 7.61. The fourth-order valence-electron chi connectivity index (χ4n) is 2.75. The Balaban J connectivity index is 1.62. The summed E-state index contributed by atoms with van der Waals surface area (Å²) in [5.41, 5.74) is 0. The van der Waals surface area contributed by atoms with Crippen molar-refractivity contribution in [2.75, 3.05) is 32.7 Å². The number of nitrogens with zero attached hydrogens (tertiary/aromatic N) is 4. The van der Waals surface area contributed by atoms with Gasteiger partial charge in [-0.1, -0.05) is 13.0 Å². The highest BCUT2D eigenvalue weighted by Crippen LogP contribution is 2.27. The van der Waals surface area contributed by atoms with Crippen molar-refractivity contribution in [3.63, 3.8) is 0 Å². The van der Waals surface area contributed by atoms with Crippen LogP contribution in [-0.2, 0) is 0 Å². The SMILES string of the molecule is CCCN1CCN([C@H](C)c2nnc(-c3cccs3)o2)CC1. The van der Waals surface area contributed by atoms with Gasteiger partial charge in [0.1, 0.15) is 0 Å². The largest absolute Gasteiger partial charge is 0.418 e. The molecule has 3 rings (SSSR count). The van der Waals surface area contributed by atoms with E-state index in [0.29, 0.717) is 5.89 Å². The topological polar surface area (TPSA) is 45.4 Å². The second kappa shape index (κ2) is 6.68. The summed E-state index contributed by atoms with van der Waals surface area (Å²) in [5.74, 6) is 1.36. The highest BCUT2D eigenvalue weighted by molar-refractivity contribution is 7.13. The number of hydrogen-bond donors (Lipinski definition) is 0. The van der Waals surface area contributed by atoms with E-state index in [4.69, 9.17) is 4.42 Å². The number of piperazine rings is 1. The van der Waals surface area contributed by atoms with E-state index < -0.39 is 0 Å². The van der Waals surface area contributed by atoms with Gasteiger partial charge in [-0.2, -0.15) is 0 Å². The molecule has 0 bridgehead atoms. The molecular weight excluding hydrogens is 284 g/mol. The highest BCUT2D eigenvalue weighted by Gasteiger charge is 2.25. The van der Waals surface area contributed by atoms with Crippen molar-refractivity contribution in [2.45, 2.75) is 26.3 Å². The predicted molar refractivity (Wildman–Crippen MR) is 84.3 cm³/mol. The summed E-state index contributed by atoms with van der Waals surface area (Å²) in [7, 11) is 0. The van der Waals surface area contributed by atoms with Gasteiger partial charge in [0.25, 0.3) is 5.89 Å². The van der Waals surface area contributed by atoms with Crippen LogP contribution < -0.4 is 0 Å². The fourth-order valence-corrected chi connectivity index (χ4v) is 3.39. The number of aromatic nitrogens is 2. The molecule has 5 nitrogen and oxygen atoms in total. The Bertz CT molecular complexity index is 546. The molecule has 21 heavy (non-hydrogen) atoms. The Morgan fingerprint density at radius 1 is 1.29 bits per heavy atom. The minimum absolute atomic E-state index is 0.190. The van der Waals surface area contributed by atoms with Crippen LogP contribution in [0.4, 0.5) is 0 Å². The lowest BCUT2D eigenvalue weighted by atomic mass is 10.2. The Labute approximate surface area is 129 Å². The second-order valence-corrected chi connectivity index (χ2v) is 6.42. The summed E-state index contributed by atoms with van der Waals surface area (Å²) >= 11 is 1.63. The van der Waals surface area contributed by atoms with E-state index in [-0.39, 0.29) is 6.04 Å². The van der Waals surface area contributed by atoms with Crippen molar-refractivity contribution < 1.29 is 4.42 Å². The maximum atomic E-state index is 5.85. The van der Waals surface area contributed by atoms with Crippen LogP contribution in [0.25, 0.3) is 10.8 Å². The Morgan fingerprint density at radius 3 is 2.76 bits per heavy atom. The van der Waals surface area contributed by atoms with E-state index in [9.17, 15) is 0 Å². The van der Waals surface area contributed by atoms with Gasteiger partial charge in [-0.3, -0.25) is 4.90 Å². The van der Waals surface area contributed by atoms with Gasteiger partial charge in [0.05, 0.1) is 10.9 Å². The molecule has 1 fully saturated rings. The normalized spacial score (nSPS) is 19.0. The van der Waals surface area contributed by atoms with Crippen LogP contribution in [0.15, 0.2) is 21.9 Å². The molecular formula is C15H22N4OS. The van der Waals surface area contributed by atoms with Crippen LogP contribution >= 0.6 is 11.3 Å². The third-order valence-electron chi connectivity index (χ3n) is 4.02. The van der Waals surface area contributed by atoms with Gasteiger partial charge in [-0.15, -0.1) is 21.5 Å². The smallest absolute Gasteiger partial charge is 0.257 e. The van der Waals surface area contributed by atoms with Crippen molar-refractivity contribution in [3.8, 4) is 10.8 Å². The van der Waals surface area contributed by atoms with Gasteiger partial charge in [-0.05, 0) is 31.3 Å². The Kier molecular flexibility index (Phi) is 4.67. The molecule has 2 aromatic rings. The van der Waals surface area contributed by atoms with Crippen LogP contribution in [0, 0.1) is 0 Å². The average Bonchev–Trinajstić information content (AvgIpc) is 3.19. The second-order valence-electron chi connectivity index (χ2n) is 5.48. The minimum atomic E-state index is 0.190. The summed E-state index contributed by atoms with van der Waals surface area (Å²) in [5, 5.41) is 10.4. The molecule has 1 aliphatic heterocycles. The lowest BCUT2D eigenvalue weighted by Gasteiger charge is -2.36. The third-order valence-corrected chi connectivity index (χ3v) is 4.88. The summed E-state index contributed by atoms with van der Waals surface area (Å²) < 4.78 is 5.85. The standard InChI is InChI=1S/C15H22N4OS/c1-3-6-18-7-9-19(10-8-18)12(2)14-16-17-15(20-14)13-5-4-11-21-13/h4-5,11-12H,3,6-10H2,1-2H3/t12-/m1/s1. The average molecular weight is 306 g/mol. The van der Waals surface area contributed by atoms with Crippen molar-refractivity contribution >= 4 is 11.3 Å². The van der Waals surface area contributed by atoms with Crippen molar-refractivity contribution in [1.29, 1.82) is 0 Å². The Hall–Kier alpha value is -1.24. The van der Waals surface area contributed by atoms with Gasteiger partial charge in [0.15, 0.2) is 0 Å². The van der Waals surface area contributed by atoms with Crippen LogP contribution in [0.1, 0.15) is 32.2 Å². The summed E-state index contributed by atoms with van der Waals surface area (Å²) in [6.07, 6.45) is 1.23. The summed E-state index contributed by atoms with van der Waals surface area (Å²) in [6, 6.07) is 4.20. The zero-order chi connectivity index (χ0) is 14.7. The van der Waals surface area contributed by atoms with Gasteiger partial charge >= 0.3 is 0 Å². The molecule has 0 amide bonds. The molecule has 0 saturated carbocycles. The molecule has 0 radical (unpaired) electrons. The molecule has 2 aromatic heterocycles. The molecule has 0 unspecified atom stereocenters. The molecule has 114 valence electrons. The highest BCUT2D eigenvalue weighted by atomic mass is 32.1. The molecule has 1 aliphatic rings. The van der Waals surface area contributed by atoms with E-state index in [1.54, 1.807) is 11.3 Å². The maximum absolute atomic E-state index is 5.85. The van der Waals surface area contributed by atoms with Gasteiger partial charge in [-0.25, -0.2) is 0 Å². The monoisotopic (exact) mass is 306 g/mol. The molecule has 0 aliphatic carbocycles. The number of rotatable bonds is 5. The van der Waals surface area contributed by atoms with Gasteiger partial charge in [0, 0.05) is 26.2 Å². The quantitative estimate of drug-likeness (QED) is 0.850. The molecule has 0 spiro atoms. The summed E-state index contributed by atoms with van der Waals surface area (Å²) in [6.45, 7) is 9.98. The molecule has 0 aromatic carbocycles. The molecule has 1 saturated heterocycles. The predicted octanol–water partition coefficient (Wildman–Crippen LogP) is 2.89. The van der Waals surface area contributed by atoms with Gasteiger partial charge < -0.3 is 9.32 Å². The zero-order valence-electron chi connectivity index (χ0n) is 12.7. The van der Waals surface area contributed by atoms with Crippen molar-refractivity contribution in [3.05, 3.63) is 23.4 Å². The summed E-state index contributed by atoms with van der Waals surface area (Å²) in [4.78, 5) is 5.99. The third kappa shape index (κ3) is 3.33. The van der Waals surface area contributed by atoms with E-state index in [0.717, 1.165) is 36.9 Å². The minimum Gasteiger partial charge on any atom is -0.418 e. The van der Waals surface area contributed by atoms with E-state index >= 15 is 0 Å². The van der Waals surface area contributed by atoms with Crippen LogP contribution in [0.3, 0.4) is 0 Å². The van der Waals surface area contributed by atoms with Crippen LogP contribution in [0.5, 0.6) is 0 Å². The Morgan fingerprint density at radius 2 is 2.10 bits per heavy atom. The first-order valence-corrected chi connectivity index (χ1v) is 8.49. The fraction of sp³-hybridized carbons (Fsp3) is 0.600. The van der Waals surface area contributed by atoms with Crippen LogP contribution in [0.2, 0.25) is 0 Å².